The number of aryl methyl sites for hydroxylation is 1. The fraction of sp³-hybridized carbons (Fsp3) is 0.385. The van der Waals surface area contributed by atoms with E-state index in [9.17, 15) is 0 Å². The molecule has 2 heterocycles. The van der Waals surface area contributed by atoms with Gasteiger partial charge in [-0.25, -0.2) is 0 Å². The van der Waals surface area contributed by atoms with E-state index in [2.05, 4.69) is 20.1 Å². The molecule has 6 heteroatoms. The number of rotatable bonds is 2. The number of aromatic amines is 1. The standard InChI is InChI=1S/C13H16ClN5/c1-8-3-2-4-10(11(8)14)12-16-13(18-17-12)19-6-5-9(15)7-19/h2-4,9H,5-7,15H2,1H3,(H,16,17,18). The molecule has 1 unspecified atom stereocenters. The number of halogens is 1. The SMILES string of the molecule is Cc1cccc(-c2nc(N3CCC(N)C3)n[nH]2)c1Cl. The summed E-state index contributed by atoms with van der Waals surface area (Å²) in [5.74, 6) is 1.39. The van der Waals surface area contributed by atoms with Gasteiger partial charge in [0, 0.05) is 24.7 Å². The van der Waals surface area contributed by atoms with Gasteiger partial charge in [0.05, 0.1) is 5.02 Å². The van der Waals surface area contributed by atoms with Crippen LogP contribution < -0.4 is 10.6 Å². The van der Waals surface area contributed by atoms with E-state index in [1.165, 1.54) is 0 Å². The molecule has 19 heavy (non-hydrogen) atoms. The summed E-state index contributed by atoms with van der Waals surface area (Å²) in [5, 5.41) is 7.92. The number of benzene rings is 1. The lowest BCUT2D eigenvalue weighted by atomic mass is 10.1. The summed E-state index contributed by atoms with van der Waals surface area (Å²) in [6, 6.07) is 6.09. The highest BCUT2D eigenvalue weighted by Crippen LogP contribution is 2.29. The van der Waals surface area contributed by atoms with E-state index in [1.54, 1.807) is 0 Å². The van der Waals surface area contributed by atoms with Crippen molar-refractivity contribution in [2.75, 3.05) is 18.0 Å². The van der Waals surface area contributed by atoms with E-state index in [0.717, 1.165) is 30.6 Å². The molecule has 1 aliphatic heterocycles. The fourth-order valence-corrected chi connectivity index (χ4v) is 2.53. The van der Waals surface area contributed by atoms with Crippen molar-refractivity contribution >= 4 is 17.5 Å². The molecule has 0 saturated carbocycles. The van der Waals surface area contributed by atoms with Gasteiger partial charge in [0.2, 0.25) is 5.95 Å². The molecule has 5 nitrogen and oxygen atoms in total. The normalized spacial score (nSPS) is 19.1. The molecular weight excluding hydrogens is 262 g/mol. The Balaban J connectivity index is 1.91. The Labute approximate surface area is 116 Å². The summed E-state index contributed by atoms with van der Waals surface area (Å²) in [5.41, 5.74) is 7.80. The van der Waals surface area contributed by atoms with E-state index in [1.807, 2.05) is 25.1 Å². The number of nitrogens with zero attached hydrogens (tertiary/aromatic N) is 3. The number of H-pyrrole nitrogens is 1. The van der Waals surface area contributed by atoms with Crippen LogP contribution in [0.2, 0.25) is 5.02 Å². The minimum Gasteiger partial charge on any atom is -0.338 e. The molecule has 1 saturated heterocycles. The molecule has 3 N–H and O–H groups in total. The van der Waals surface area contributed by atoms with Crippen molar-refractivity contribution in [2.45, 2.75) is 19.4 Å². The van der Waals surface area contributed by atoms with Gasteiger partial charge in [0.1, 0.15) is 0 Å². The number of nitrogens with two attached hydrogens (primary N) is 1. The number of nitrogens with one attached hydrogen (secondary N) is 1. The summed E-state index contributed by atoms with van der Waals surface area (Å²) in [6.45, 7) is 3.68. The van der Waals surface area contributed by atoms with E-state index in [4.69, 9.17) is 17.3 Å². The van der Waals surface area contributed by atoms with Crippen LogP contribution in [-0.4, -0.2) is 34.3 Å². The molecule has 1 atom stereocenters. The molecule has 0 radical (unpaired) electrons. The van der Waals surface area contributed by atoms with Gasteiger partial charge in [0.25, 0.3) is 0 Å². The maximum atomic E-state index is 6.30. The van der Waals surface area contributed by atoms with E-state index >= 15 is 0 Å². The van der Waals surface area contributed by atoms with Crippen LogP contribution in [0.25, 0.3) is 11.4 Å². The minimum absolute atomic E-state index is 0.213. The van der Waals surface area contributed by atoms with Gasteiger partial charge in [-0.1, -0.05) is 23.7 Å². The summed E-state index contributed by atoms with van der Waals surface area (Å²) < 4.78 is 0. The first-order chi connectivity index (χ1) is 9.15. The third-order valence-electron chi connectivity index (χ3n) is 3.43. The largest absolute Gasteiger partial charge is 0.338 e. The van der Waals surface area contributed by atoms with Crippen molar-refractivity contribution in [3.8, 4) is 11.4 Å². The first-order valence-electron chi connectivity index (χ1n) is 6.33. The van der Waals surface area contributed by atoms with Crippen molar-refractivity contribution < 1.29 is 0 Å². The highest BCUT2D eigenvalue weighted by molar-refractivity contribution is 6.33. The van der Waals surface area contributed by atoms with Gasteiger partial charge in [-0.3, -0.25) is 5.10 Å². The summed E-state index contributed by atoms with van der Waals surface area (Å²) in [4.78, 5) is 6.61. The molecule has 1 fully saturated rings. The quantitative estimate of drug-likeness (QED) is 0.880. The predicted octanol–water partition coefficient (Wildman–Crippen LogP) is 1.97. The molecule has 1 aliphatic rings. The van der Waals surface area contributed by atoms with Gasteiger partial charge in [0.15, 0.2) is 5.82 Å². The van der Waals surface area contributed by atoms with Gasteiger partial charge in [-0.2, -0.15) is 4.98 Å². The maximum absolute atomic E-state index is 6.30. The predicted molar refractivity (Wildman–Crippen MR) is 76.4 cm³/mol. The first-order valence-corrected chi connectivity index (χ1v) is 6.71. The second-order valence-corrected chi connectivity index (χ2v) is 5.29. The average Bonchev–Trinajstić information content (AvgIpc) is 3.01. The summed E-state index contributed by atoms with van der Waals surface area (Å²) in [7, 11) is 0. The molecule has 2 aromatic rings. The highest BCUT2D eigenvalue weighted by Gasteiger charge is 2.22. The van der Waals surface area contributed by atoms with Crippen molar-refractivity contribution in [1.82, 2.24) is 15.2 Å². The Morgan fingerprint density at radius 2 is 2.32 bits per heavy atom. The lowest BCUT2D eigenvalue weighted by molar-refractivity contribution is 0.750. The van der Waals surface area contributed by atoms with Gasteiger partial charge in [-0.05, 0) is 25.0 Å². The molecule has 1 aromatic heterocycles. The second kappa shape index (κ2) is 4.83. The second-order valence-electron chi connectivity index (χ2n) is 4.92. The lowest BCUT2D eigenvalue weighted by Crippen LogP contribution is -2.26. The molecule has 0 aliphatic carbocycles. The van der Waals surface area contributed by atoms with E-state index < -0.39 is 0 Å². The van der Waals surface area contributed by atoms with Gasteiger partial charge < -0.3 is 10.6 Å². The van der Waals surface area contributed by atoms with Crippen LogP contribution in [0.1, 0.15) is 12.0 Å². The zero-order valence-corrected chi connectivity index (χ0v) is 11.5. The number of hydrogen-bond donors (Lipinski definition) is 2. The van der Waals surface area contributed by atoms with Crippen LogP contribution >= 0.6 is 11.6 Å². The number of hydrogen-bond acceptors (Lipinski definition) is 4. The Kier molecular flexibility index (Phi) is 3.16. The van der Waals surface area contributed by atoms with Crippen LogP contribution in [0.5, 0.6) is 0 Å². The first kappa shape index (κ1) is 12.4. The van der Waals surface area contributed by atoms with Crippen LogP contribution in [0.15, 0.2) is 18.2 Å². The third-order valence-corrected chi connectivity index (χ3v) is 3.93. The van der Waals surface area contributed by atoms with Crippen LogP contribution in [0.4, 0.5) is 5.95 Å². The van der Waals surface area contributed by atoms with Crippen LogP contribution in [0.3, 0.4) is 0 Å². The van der Waals surface area contributed by atoms with Crippen molar-refractivity contribution in [2.24, 2.45) is 5.73 Å². The van der Waals surface area contributed by atoms with Crippen molar-refractivity contribution in [3.05, 3.63) is 28.8 Å². The minimum atomic E-state index is 0.213. The molecular formula is C13H16ClN5. The molecule has 1 aromatic carbocycles. The van der Waals surface area contributed by atoms with Crippen LogP contribution in [0, 0.1) is 6.92 Å². The van der Waals surface area contributed by atoms with Gasteiger partial charge >= 0.3 is 0 Å². The number of aromatic nitrogens is 3. The zero-order chi connectivity index (χ0) is 13.4. The van der Waals surface area contributed by atoms with Crippen LogP contribution in [-0.2, 0) is 0 Å². The summed E-state index contributed by atoms with van der Waals surface area (Å²) in [6.07, 6.45) is 0.981. The topological polar surface area (TPSA) is 70.8 Å². The fourth-order valence-electron chi connectivity index (χ4n) is 2.31. The van der Waals surface area contributed by atoms with Crippen molar-refractivity contribution in [3.63, 3.8) is 0 Å². The Hall–Kier alpha value is -1.59. The maximum Gasteiger partial charge on any atom is 0.245 e. The Morgan fingerprint density at radius 1 is 1.47 bits per heavy atom. The third kappa shape index (κ3) is 2.31. The molecule has 0 amide bonds. The number of anilines is 1. The average molecular weight is 278 g/mol. The highest BCUT2D eigenvalue weighted by atomic mass is 35.5. The lowest BCUT2D eigenvalue weighted by Gasteiger charge is -2.11. The van der Waals surface area contributed by atoms with E-state index in [0.29, 0.717) is 16.8 Å². The smallest absolute Gasteiger partial charge is 0.245 e. The van der Waals surface area contributed by atoms with Gasteiger partial charge in [-0.15, -0.1) is 5.10 Å². The zero-order valence-electron chi connectivity index (χ0n) is 10.7. The molecule has 0 spiro atoms. The summed E-state index contributed by atoms with van der Waals surface area (Å²) >= 11 is 6.30. The molecule has 0 bridgehead atoms. The Bertz CT molecular complexity index is 594. The van der Waals surface area contributed by atoms with E-state index in [-0.39, 0.29) is 6.04 Å². The molecule has 100 valence electrons. The van der Waals surface area contributed by atoms with Crippen molar-refractivity contribution in [1.29, 1.82) is 0 Å². The molecule has 3 rings (SSSR count). The monoisotopic (exact) mass is 277 g/mol. The Morgan fingerprint density at radius 3 is 3.05 bits per heavy atom.